The zero-order chi connectivity index (χ0) is 19.2. The number of Topliss-reactive ketones (excluding diaryl/α,β-unsaturated/α-hetero) is 1. The molecule has 0 amide bonds. The standard InChI is InChI=1S/C17H32O8/c1-4-5-6-7-10(19)15(23)17(2,3)9-24-16-14(22)13(21)12(20)11(8-18)25-16/h11-16,18,20-23H,4-9H2,1-3H3/t11?,12-,13+,14?,15+,16+/m1/s1. The van der Waals surface area contributed by atoms with Gasteiger partial charge in [0.1, 0.15) is 30.5 Å². The monoisotopic (exact) mass is 364 g/mol. The molecule has 1 fully saturated rings. The fourth-order valence-electron chi connectivity index (χ4n) is 2.70. The molecule has 25 heavy (non-hydrogen) atoms. The highest BCUT2D eigenvalue weighted by atomic mass is 16.7. The Hall–Kier alpha value is -0.610. The number of hydrogen-bond acceptors (Lipinski definition) is 8. The van der Waals surface area contributed by atoms with Crippen LogP contribution in [0.1, 0.15) is 46.5 Å². The van der Waals surface area contributed by atoms with Gasteiger partial charge in [0.05, 0.1) is 13.2 Å². The highest BCUT2D eigenvalue weighted by Crippen LogP contribution is 2.27. The molecule has 148 valence electrons. The van der Waals surface area contributed by atoms with E-state index < -0.39 is 48.8 Å². The third-order valence-electron chi connectivity index (χ3n) is 4.54. The summed E-state index contributed by atoms with van der Waals surface area (Å²) in [7, 11) is 0. The van der Waals surface area contributed by atoms with Crippen molar-refractivity contribution in [1.29, 1.82) is 0 Å². The highest BCUT2D eigenvalue weighted by Gasteiger charge is 2.45. The first-order valence-electron chi connectivity index (χ1n) is 8.78. The van der Waals surface area contributed by atoms with E-state index in [1.807, 2.05) is 6.92 Å². The second kappa shape index (κ2) is 9.91. The summed E-state index contributed by atoms with van der Waals surface area (Å²) in [5.74, 6) is -0.268. The van der Waals surface area contributed by atoms with Crippen LogP contribution in [0.15, 0.2) is 0 Å². The van der Waals surface area contributed by atoms with Crippen LogP contribution in [-0.2, 0) is 14.3 Å². The normalized spacial score (nSPS) is 31.8. The molecule has 1 rings (SSSR count). The molecular weight excluding hydrogens is 332 g/mol. The molecule has 0 aromatic heterocycles. The maximum atomic E-state index is 12.1. The second-order valence-electron chi connectivity index (χ2n) is 7.32. The number of hydrogen-bond donors (Lipinski definition) is 5. The molecule has 0 bridgehead atoms. The molecule has 1 aliphatic rings. The lowest BCUT2D eigenvalue weighted by Crippen LogP contribution is -2.59. The third-order valence-corrected chi connectivity index (χ3v) is 4.54. The fraction of sp³-hybridized carbons (Fsp3) is 0.941. The van der Waals surface area contributed by atoms with Crippen LogP contribution in [0.3, 0.4) is 0 Å². The molecule has 1 heterocycles. The van der Waals surface area contributed by atoms with Gasteiger partial charge < -0.3 is 35.0 Å². The summed E-state index contributed by atoms with van der Waals surface area (Å²) in [4.78, 5) is 12.1. The Morgan fingerprint density at radius 3 is 2.36 bits per heavy atom. The van der Waals surface area contributed by atoms with Crippen LogP contribution in [0.4, 0.5) is 0 Å². The van der Waals surface area contributed by atoms with Crippen molar-refractivity contribution in [3.8, 4) is 0 Å². The number of ketones is 1. The molecule has 5 N–H and O–H groups in total. The minimum Gasteiger partial charge on any atom is -0.394 e. The number of aliphatic hydroxyl groups excluding tert-OH is 5. The lowest BCUT2D eigenvalue weighted by Gasteiger charge is -2.41. The van der Waals surface area contributed by atoms with E-state index in [4.69, 9.17) is 14.6 Å². The van der Waals surface area contributed by atoms with Gasteiger partial charge in [0.15, 0.2) is 12.1 Å². The number of aliphatic hydroxyl groups is 5. The van der Waals surface area contributed by atoms with Gasteiger partial charge in [-0.3, -0.25) is 4.79 Å². The predicted molar refractivity (Wildman–Crippen MR) is 88.7 cm³/mol. The first-order valence-corrected chi connectivity index (χ1v) is 8.78. The molecular formula is C17H32O8. The maximum absolute atomic E-state index is 12.1. The second-order valence-corrected chi connectivity index (χ2v) is 7.32. The first-order chi connectivity index (χ1) is 11.7. The van der Waals surface area contributed by atoms with E-state index in [9.17, 15) is 25.2 Å². The third kappa shape index (κ3) is 5.96. The Bertz CT molecular complexity index is 411. The van der Waals surface area contributed by atoms with Crippen LogP contribution in [0.25, 0.3) is 0 Å². The zero-order valence-electron chi connectivity index (χ0n) is 15.2. The molecule has 0 saturated carbocycles. The number of carbonyl (C=O) groups excluding carboxylic acids is 1. The van der Waals surface area contributed by atoms with Gasteiger partial charge in [-0.15, -0.1) is 0 Å². The van der Waals surface area contributed by atoms with Gasteiger partial charge in [-0.25, -0.2) is 0 Å². The molecule has 8 heteroatoms. The van der Waals surface area contributed by atoms with Gasteiger partial charge in [-0.2, -0.15) is 0 Å². The van der Waals surface area contributed by atoms with Gasteiger partial charge in [0.25, 0.3) is 0 Å². The van der Waals surface area contributed by atoms with Crippen LogP contribution in [-0.4, -0.2) is 81.3 Å². The predicted octanol–water partition coefficient (Wildman–Crippen LogP) is -0.661. The summed E-state index contributed by atoms with van der Waals surface area (Å²) >= 11 is 0. The van der Waals surface area contributed by atoms with Crippen molar-refractivity contribution in [2.24, 2.45) is 5.41 Å². The van der Waals surface area contributed by atoms with E-state index in [2.05, 4.69) is 0 Å². The van der Waals surface area contributed by atoms with E-state index in [0.717, 1.165) is 19.3 Å². The first kappa shape index (κ1) is 22.4. The molecule has 0 radical (unpaired) electrons. The van der Waals surface area contributed by atoms with Crippen LogP contribution in [0, 0.1) is 5.41 Å². The smallest absolute Gasteiger partial charge is 0.186 e. The summed E-state index contributed by atoms with van der Waals surface area (Å²) in [6, 6.07) is 0. The minimum absolute atomic E-state index is 0.115. The molecule has 0 aliphatic carbocycles. The Morgan fingerprint density at radius 2 is 1.80 bits per heavy atom. The molecule has 6 atom stereocenters. The molecule has 1 saturated heterocycles. The molecule has 0 aromatic carbocycles. The summed E-state index contributed by atoms with van der Waals surface area (Å²) in [6.45, 7) is 4.67. The van der Waals surface area contributed by atoms with Crippen molar-refractivity contribution in [2.75, 3.05) is 13.2 Å². The van der Waals surface area contributed by atoms with Crippen molar-refractivity contribution in [3.05, 3.63) is 0 Å². The summed E-state index contributed by atoms with van der Waals surface area (Å²) in [5.41, 5.74) is -0.928. The van der Waals surface area contributed by atoms with Crippen molar-refractivity contribution in [2.45, 2.75) is 83.3 Å². The van der Waals surface area contributed by atoms with Crippen LogP contribution in [0.5, 0.6) is 0 Å². The van der Waals surface area contributed by atoms with Gasteiger partial charge in [-0.05, 0) is 6.42 Å². The van der Waals surface area contributed by atoms with Gasteiger partial charge in [0, 0.05) is 11.8 Å². The van der Waals surface area contributed by atoms with Crippen LogP contribution >= 0.6 is 0 Å². The lowest BCUT2D eigenvalue weighted by atomic mass is 9.83. The number of unbranched alkanes of at least 4 members (excludes halogenated alkanes) is 2. The Labute approximate surface area is 148 Å². The lowest BCUT2D eigenvalue weighted by molar-refractivity contribution is -0.306. The molecule has 1 aliphatic heterocycles. The van der Waals surface area contributed by atoms with Crippen LogP contribution in [0.2, 0.25) is 0 Å². The zero-order valence-corrected chi connectivity index (χ0v) is 15.2. The Balaban J connectivity index is 2.60. The summed E-state index contributed by atoms with van der Waals surface area (Å²) < 4.78 is 10.7. The van der Waals surface area contributed by atoms with E-state index in [1.165, 1.54) is 0 Å². The molecule has 8 nitrogen and oxygen atoms in total. The average molecular weight is 364 g/mol. The van der Waals surface area contributed by atoms with Crippen molar-refractivity contribution in [1.82, 2.24) is 0 Å². The largest absolute Gasteiger partial charge is 0.394 e. The van der Waals surface area contributed by atoms with E-state index in [-0.39, 0.29) is 12.4 Å². The highest BCUT2D eigenvalue weighted by molar-refractivity contribution is 5.83. The fourth-order valence-corrected chi connectivity index (χ4v) is 2.70. The summed E-state index contributed by atoms with van der Waals surface area (Å²) in [5, 5.41) is 48.8. The molecule has 0 aromatic rings. The van der Waals surface area contributed by atoms with E-state index in [1.54, 1.807) is 13.8 Å². The molecule has 2 unspecified atom stereocenters. The van der Waals surface area contributed by atoms with E-state index in [0.29, 0.717) is 6.42 Å². The van der Waals surface area contributed by atoms with Crippen molar-refractivity contribution >= 4 is 5.78 Å². The minimum atomic E-state index is -1.53. The topological polar surface area (TPSA) is 137 Å². The van der Waals surface area contributed by atoms with Crippen molar-refractivity contribution in [3.63, 3.8) is 0 Å². The van der Waals surface area contributed by atoms with Crippen LogP contribution < -0.4 is 0 Å². The number of rotatable bonds is 10. The quantitative estimate of drug-likeness (QED) is 0.322. The van der Waals surface area contributed by atoms with Crippen molar-refractivity contribution < 1.29 is 39.8 Å². The Kier molecular flexibility index (Phi) is 8.90. The van der Waals surface area contributed by atoms with Gasteiger partial charge >= 0.3 is 0 Å². The molecule has 0 spiro atoms. The number of carbonyl (C=O) groups is 1. The van der Waals surface area contributed by atoms with Gasteiger partial charge in [-0.1, -0.05) is 33.6 Å². The average Bonchev–Trinajstić information content (AvgIpc) is 2.58. The SMILES string of the molecule is CCCCCC(=O)[C@H](O)C(C)(C)CO[C@H]1OC(CO)[C@@H](O)[C@H](O)C1O. The summed E-state index contributed by atoms with van der Waals surface area (Å²) in [6.07, 6.45) is -5.16. The maximum Gasteiger partial charge on any atom is 0.186 e. The van der Waals surface area contributed by atoms with E-state index >= 15 is 0 Å². The van der Waals surface area contributed by atoms with Gasteiger partial charge in [0.2, 0.25) is 0 Å². The Morgan fingerprint density at radius 1 is 1.16 bits per heavy atom. The number of ether oxygens (including phenoxy) is 2.